The van der Waals surface area contributed by atoms with Gasteiger partial charge in [0, 0.05) is 12.0 Å². The van der Waals surface area contributed by atoms with E-state index in [-0.39, 0.29) is 23.9 Å². The lowest BCUT2D eigenvalue weighted by molar-refractivity contribution is -0.119. The van der Waals surface area contributed by atoms with E-state index >= 15 is 0 Å². The number of nitrogens with one attached hydrogen (secondary N) is 1. The van der Waals surface area contributed by atoms with E-state index in [1.54, 1.807) is 0 Å². The molecule has 1 heterocycles. The van der Waals surface area contributed by atoms with E-state index < -0.39 is 0 Å². The van der Waals surface area contributed by atoms with Gasteiger partial charge >= 0.3 is 5.97 Å². The first-order chi connectivity index (χ1) is 10.8. The molecule has 0 unspecified atom stereocenters. The van der Waals surface area contributed by atoms with Crippen LogP contribution in [0.3, 0.4) is 0 Å². The second kappa shape index (κ2) is 7.01. The Labute approximate surface area is 141 Å². The summed E-state index contributed by atoms with van der Waals surface area (Å²) in [5.74, 6) is -0.0743. The number of carbonyl (C=O) groups excluding carboxylic acids is 2. The lowest BCUT2D eigenvalue weighted by atomic mass is 9.72. The number of thiophene rings is 1. The average molecular weight is 339 g/mol. The van der Waals surface area contributed by atoms with Crippen molar-refractivity contribution in [2.45, 2.75) is 40.0 Å². The molecular formula is C17H25NO4S. The van der Waals surface area contributed by atoms with Gasteiger partial charge in [0.2, 0.25) is 0 Å². The Bertz CT molecular complexity index is 600. The van der Waals surface area contributed by atoms with Crippen molar-refractivity contribution in [3.05, 3.63) is 16.0 Å². The molecule has 6 heteroatoms. The van der Waals surface area contributed by atoms with Crippen molar-refractivity contribution in [3.63, 3.8) is 0 Å². The molecule has 1 atom stereocenters. The fourth-order valence-electron chi connectivity index (χ4n) is 3.02. The Morgan fingerprint density at radius 1 is 1.30 bits per heavy atom. The monoisotopic (exact) mass is 339 g/mol. The molecule has 0 fully saturated rings. The second-order valence-corrected chi connectivity index (χ2v) is 8.09. The van der Waals surface area contributed by atoms with Crippen molar-refractivity contribution >= 4 is 28.2 Å². The van der Waals surface area contributed by atoms with Gasteiger partial charge in [-0.2, -0.15) is 0 Å². The third-order valence-electron chi connectivity index (χ3n) is 4.41. The van der Waals surface area contributed by atoms with E-state index in [0.717, 1.165) is 24.8 Å². The standard InChI is InChI=1S/C17H25NO4S/c1-17(2,3)10-6-7-11-12(8-10)23-15(14(11)16(20)22-5)18-13(19)9-21-4/h10H,6-9H2,1-5H3,(H,18,19)/t10-/m0/s1. The highest BCUT2D eigenvalue weighted by Crippen LogP contribution is 2.44. The Kier molecular flexibility index (Phi) is 5.47. The van der Waals surface area contributed by atoms with Crippen LogP contribution in [0.5, 0.6) is 0 Å². The molecule has 0 bridgehead atoms. The van der Waals surface area contributed by atoms with Gasteiger partial charge in [-0.1, -0.05) is 20.8 Å². The number of fused-ring (bicyclic) bond motifs is 1. The van der Waals surface area contributed by atoms with Crippen molar-refractivity contribution in [2.75, 3.05) is 26.1 Å². The third kappa shape index (κ3) is 3.93. The van der Waals surface area contributed by atoms with Gasteiger partial charge in [0.25, 0.3) is 5.91 Å². The van der Waals surface area contributed by atoms with Crippen LogP contribution in [-0.4, -0.2) is 32.7 Å². The predicted molar refractivity (Wildman–Crippen MR) is 91.1 cm³/mol. The number of hydrogen-bond donors (Lipinski definition) is 1. The van der Waals surface area contributed by atoms with Crippen LogP contribution in [0.15, 0.2) is 0 Å². The molecule has 1 aliphatic rings. The van der Waals surface area contributed by atoms with Crippen molar-refractivity contribution < 1.29 is 19.1 Å². The highest BCUT2D eigenvalue weighted by Gasteiger charge is 2.34. The van der Waals surface area contributed by atoms with Crippen LogP contribution in [0.4, 0.5) is 5.00 Å². The maximum absolute atomic E-state index is 12.2. The zero-order valence-corrected chi connectivity index (χ0v) is 15.3. The summed E-state index contributed by atoms with van der Waals surface area (Å²) in [5.41, 5.74) is 1.78. The summed E-state index contributed by atoms with van der Waals surface area (Å²) in [5, 5.41) is 3.37. The first kappa shape index (κ1) is 17.9. The molecule has 2 rings (SSSR count). The molecule has 0 aliphatic heterocycles. The van der Waals surface area contributed by atoms with Crippen LogP contribution in [0.1, 0.15) is 48.0 Å². The van der Waals surface area contributed by atoms with Crippen LogP contribution in [0.2, 0.25) is 0 Å². The van der Waals surface area contributed by atoms with Gasteiger partial charge in [0.1, 0.15) is 11.6 Å². The number of hydrogen-bond acceptors (Lipinski definition) is 5. The third-order valence-corrected chi connectivity index (χ3v) is 5.58. The van der Waals surface area contributed by atoms with Crippen molar-refractivity contribution in [2.24, 2.45) is 11.3 Å². The quantitative estimate of drug-likeness (QED) is 0.855. The molecule has 0 saturated heterocycles. The molecule has 5 nitrogen and oxygen atoms in total. The van der Waals surface area contributed by atoms with Crippen LogP contribution in [-0.2, 0) is 27.1 Å². The van der Waals surface area contributed by atoms with Crippen molar-refractivity contribution in [1.29, 1.82) is 0 Å². The van der Waals surface area contributed by atoms with E-state index in [1.165, 1.54) is 30.4 Å². The van der Waals surface area contributed by atoms with Gasteiger partial charge in [-0.05, 0) is 36.2 Å². The molecule has 128 valence electrons. The molecule has 1 N–H and O–H groups in total. The summed E-state index contributed by atoms with van der Waals surface area (Å²) in [6.07, 6.45) is 2.83. The minimum Gasteiger partial charge on any atom is -0.465 e. The number of ether oxygens (including phenoxy) is 2. The summed E-state index contributed by atoms with van der Waals surface area (Å²) >= 11 is 1.49. The molecule has 0 radical (unpaired) electrons. The topological polar surface area (TPSA) is 64.6 Å². The predicted octanol–water partition coefficient (Wildman–Crippen LogP) is 3.27. The molecule has 1 aliphatic carbocycles. The second-order valence-electron chi connectivity index (χ2n) is 6.99. The first-order valence-electron chi connectivity index (χ1n) is 7.79. The van der Waals surface area contributed by atoms with Gasteiger partial charge in [0.15, 0.2) is 0 Å². The average Bonchev–Trinajstić information content (AvgIpc) is 2.82. The number of rotatable bonds is 4. The number of amides is 1. The van der Waals surface area contributed by atoms with E-state index in [9.17, 15) is 9.59 Å². The summed E-state index contributed by atoms with van der Waals surface area (Å²) in [6.45, 7) is 6.71. The van der Waals surface area contributed by atoms with Crippen LogP contribution < -0.4 is 5.32 Å². The molecule has 0 aromatic carbocycles. The van der Waals surface area contributed by atoms with Crippen LogP contribution in [0, 0.1) is 11.3 Å². The van der Waals surface area contributed by atoms with Crippen LogP contribution >= 0.6 is 11.3 Å². The maximum atomic E-state index is 12.2. The number of methoxy groups -OCH3 is 2. The molecule has 1 aromatic rings. The van der Waals surface area contributed by atoms with Crippen LogP contribution in [0.25, 0.3) is 0 Å². The smallest absolute Gasteiger partial charge is 0.341 e. The number of carbonyl (C=O) groups is 2. The summed E-state index contributed by atoms with van der Waals surface area (Å²) < 4.78 is 9.76. The molecule has 23 heavy (non-hydrogen) atoms. The van der Waals surface area contributed by atoms with E-state index in [4.69, 9.17) is 9.47 Å². The minimum absolute atomic E-state index is 0.0339. The number of esters is 1. The van der Waals surface area contributed by atoms with Gasteiger partial charge in [-0.15, -0.1) is 11.3 Å². The van der Waals surface area contributed by atoms with Gasteiger partial charge in [-0.25, -0.2) is 4.79 Å². The van der Waals surface area contributed by atoms with E-state index in [2.05, 4.69) is 26.1 Å². The largest absolute Gasteiger partial charge is 0.465 e. The van der Waals surface area contributed by atoms with E-state index in [1.807, 2.05) is 0 Å². The lowest BCUT2D eigenvalue weighted by Gasteiger charge is -2.33. The Morgan fingerprint density at radius 2 is 2.00 bits per heavy atom. The van der Waals surface area contributed by atoms with Crippen molar-refractivity contribution in [3.8, 4) is 0 Å². The number of anilines is 1. The summed E-state index contributed by atoms with van der Waals surface area (Å²) in [7, 11) is 2.84. The Balaban J connectivity index is 2.35. The first-order valence-corrected chi connectivity index (χ1v) is 8.61. The SMILES string of the molecule is COCC(=O)Nc1sc2c(c1C(=O)OC)CC[C@H](C(C)(C)C)C2. The Morgan fingerprint density at radius 3 is 2.57 bits per heavy atom. The normalized spacial score (nSPS) is 17.5. The van der Waals surface area contributed by atoms with Gasteiger partial charge in [-0.3, -0.25) is 4.79 Å². The fraction of sp³-hybridized carbons (Fsp3) is 0.647. The minimum atomic E-state index is -0.385. The maximum Gasteiger partial charge on any atom is 0.341 e. The van der Waals surface area contributed by atoms with Gasteiger partial charge in [0.05, 0.1) is 12.7 Å². The highest BCUT2D eigenvalue weighted by atomic mass is 32.1. The highest BCUT2D eigenvalue weighted by molar-refractivity contribution is 7.17. The van der Waals surface area contributed by atoms with E-state index in [0.29, 0.717) is 16.5 Å². The molecule has 0 spiro atoms. The lowest BCUT2D eigenvalue weighted by Crippen LogP contribution is -2.26. The summed E-state index contributed by atoms with van der Waals surface area (Å²) in [6, 6.07) is 0. The molecule has 0 saturated carbocycles. The molecule has 1 aromatic heterocycles. The molecule has 1 amide bonds. The summed E-state index contributed by atoms with van der Waals surface area (Å²) in [4.78, 5) is 25.2. The Hall–Kier alpha value is -1.40. The van der Waals surface area contributed by atoms with Crippen molar-refractivity contribution in [1.82, 2.24) is 0 Å². The fourth-order valence-corrected chi connectivity index (χ4v) is 4.36. The zero-order chi connectivity index (χ0) is 17.2. The van der Waals surface area contributed by atoms with Gasteiger partial charge < -0.3 is 14.8 Å². The molecular weight excluding hydrogens is 314 g/mol. The zero-order valence-electron chi connectivity index (χ0n) is 14.4.